The van der Waals surface area contributed by atoms with Crippen molar-refractivity contribution >= 4 is 35.1 Å². The number of thioether (sulfide) groups is 1. The third-order valence-electron chi connectivity index (χ3n) is 6.33. The first-order valence-electron chi connectivity index (χ1n) is 12.0. The van der Waals surface area contributed by atoms with Crippen molar-refractivity contribution in [3.05, 3.63) is 136 Å². The highest BCUT2D eigenvalue weighted by Crippen LogP contribution is 2.42. The Morgan fingerprint density at radius 1 is 0.789 bits per heavy atom. The van der Waals surface area contributed by atoms with Gasteiger partial charge >= 0.3 is 0 Å². The Kier molecular flexibility index (Phi) is 6.11. The summed E-state index contributed by atoms with van der Waals surface area (Å²) in [6.07, 6.45) is 1.92. The number of carbonyl (C=O) groups is 1. The molecule has 1 aromatic heterocycles. The summed E-state index contributed by atoms with van der Waals surface area (Å²) in [7, 11) is 0. The fraction of sp³-hybridized carbons (Fsp3) is 0. The Bertz CT molecular complexity index is 1690. The van der Waals surface area contributed by atoms with Crippen LogP contribution in [0.3, 0.4) is 0 Å². The maximum atomic E-state index is 13.1. The number of anilines is 1. The Morgan fingerprint density at radius 3 is 2.11 bits per heavy atom. The zero-order valence-electron chi connectivity index (χ0n) is 20.1. The smallest absolute Gasteiger partial charge is 0.269 e. The number of para-hydroxylation sites is 1. The molecule has 0 radical (unpaired) electrons. The van der Waals surface area contributed by atoms with Gasteiger partial charge in [0.05, 0.1) is 26.9 Å². The van der Waals surface area contributed by atoms with Crippen LogP contribution in [0.15, 0.2) is 125 Å². The van der Waals surface area contributed by atoms with Gasteiger partial charge in [-0.2, -0.15) is 0 Å². The number of fused-ring (bicyclic) bond motifs is 1. The molecule has 38 heavy (non-hydrogen) atoms. The van der Waals surface area contributed by atoms with Crippen LogP contribution in [0, 0.1) is 10.1 Å². The van der Waals surface area contributed by atoms with Crippen LogP contribution in [-0.2, 0) is 4.79 Å². The number of amides is 1. The molecule has 5 aromatic rings. The molecule has 184 valence electrons. The molecule has 4 aromatic carbocycles. The van der Waals surface area contributed by atoms with Crippen LogP contribution in [0.1, 0.15) is 5.56 Å². The van der Waals surface area contributed by atoms with Gasteiger partial charge in [0, 0.05) is 28.3 Å². The number of hydrogen-bond donors (Lipinski definition) is 1. The molecule has 1 N–H and O–H groups in total. The minimum atomic E-state index is -0.401. The largest absolute Gasteiger partial charge is 0.320 e. The van der Waals surface area contributed by atoms with Crippen LogP contribution in [-0.4, -0.2) is 15.4 Å². The molecular formula is C31H21N3O3S. The van der Waals surface area contributed by atoms with Gasteiger partial charge in [0.25, 0.3) is 11.6 Å². The second kappa shape index (κ2) is 9.88. The Labute approximate surface area is 223 Å². The zero-order chi connectivity index (χ0) is 26.1. The molecule has 0 unspecified atom stereocenters. The Hall–Kier alpha value is -4.88. The van der Waals surface area contributed by atoms with Crippen LogP contribution in [0.2, 0.25) is 0 Å². The minimum Gasteiger partial charge on any atom is -0.320 e. The van der Waals surface area contributed by atoms with E-state index in [1.54, 1.807) is 12.1 Å². The molecule has 0 atom stereocenters. The lowest BCUT2D eigenvalue weighted by Gasteiger charge is -2.18. The number of nitrogens with zero attached hydrogens (tertiary/aromatic N) is 2. The Balaban J connectivity index is 1.60. The topological polar surface area (TPSA) is 77.2 Å². The van der Waals surface area contributed by atoms with Gasteiger partial charge in [0.15, 0.2) is 0 Å². The van der Waals surface area contributed by atoms with Gasteiger partial charge in [0.2, 0.25) is 0 Å². The number of nitro groups is 1. The van der Waals surface area contributed by atoms with Gasteiger partial charge in [-0.05, 0) is 47.5 Å². The van der Waals surface area contributed by atoms with Crippen molar-refractivity contribution in [2.75, 3.05) is 5.32 Å². The van der Waals surface area contributed by atoms with Crippen molar-refractivity contribution in [3.8, 4) is 28.2 Å². The molecule has 0 saturated heterocycles. The lowest BCUT2D eigenvalue weighted by Crippen LogP contribution is -2.17. The number of nitrogens with one attached hydrogen (secondary N) is 1. The standard InChI is InChI=1S/C31H21N3O3S/c35-31-29(38-28-14-8-7-13-26(28)32-31)20-23-19-27(21-9-3-1-4-10-21)33(30(23)22-11-5-2-6-12-22)24-15-17-25(18-16-24)34(36)37/h1-20H,(H,32,35)/b29-20-. The normalized spacial score (nSPS) is 13.7. The molecule has 6 nitrogen and oxygen atoms in total. The summed E-state index contributed by atoms with van der Waals surface area (Å²) in [6, 6.07) is 36.3. The van der Waals surface area contributed by atoms with Gasteiger partial charge in [-0.1, -0.05) is 84.6 Å². The molecule has 1 aliphatic rings. The summed E-state index contributed by atoms with van der Waals surface area (Å²) in [5, 5.41) is 14.3. The average molecular weight is 516 g/mol. The van der Waals surface area contributed by atoms with Crippen molar-refractivity contribution in [3.63, 3.8) is 0 Å². The minimum absolute atomic E-state index is 0.0275. The lowest BCUT2D eigenvalue weighted by atomic mass is 10.1. The molecule has 0 fully saturated rings. The number of aromatic nitrogens is 1. The van der Waals surface area contributed by atoms with E-state index in [0.29, 0.717) is 4.91 Å². The van der Waals surface area contributed by atoms with Crippen molar-refractivity contribution in [1.29, 1.82) is 0 Å². The monoisotopic (exact) mass is 515 g/mol. The van der Waals surface area contributed by atoms with Crippen molar-refractivity contribution in [2.45, 2.75) is 4.90 Å². The second-order valence-electron chi connectivity index (χ2n) is 8.74. The molecule has 0 saturated carbocycles. The van der Waals surface area contributed by atoms with Crippen LogP contribution in [0.5, 0.6) is 0 Å². The maximum Gasteiger partial charge on any atom is 0.269 e. The number of carbonyl (C=O) groups excluding carboxylic acids is 1. The number of hydrogen-bond acceptors (Lipinski definition) is 4. The molecule has 7 heteroatoms. The van der Waals surface area contributed by atoms with E-state index in [9.17, 15) is 14.9 Å². The molecular weight excluding hydrogens is 494 g/mol. The fourth-order valence-electron chi connectivity index (χ4n) is 4.59. The SMILES string of the molecule is O=C1Nc2ccccc2S/C1=C\c1cc(-c2ccccc2)n(-c2ccc([N+](=O)[O-])cc2)c1-c1ccccc1. The Morgan fingerprint density at radius 2 is 1.42 bits per heavy atom. The van der Waals surface area contributed by atoms with E-state index in [1.165, 1.54) is 23.9 Å². The number of rotatable bonds is 5. The maximum absolute atomic E-state index is 13.1. The van der Waals surface area contributed by atoms with E-state index in [0.717, 1.165) is 44.3 Å². The van der Waals surface area contributed by atoms with Crippen molar-refractivity contribution in [2.24, 2.45) is 0 Å². The number of benzene rings is 4. The number of nitro benzene ring substituents is 1. The fourth-order valence-corrected chi connectivity index (χ4v) is 5.53. The predicted molar refractivity (Wildman–Crippen MR) is 152 cm³/mol. The van der Waals surface area contributed by atoms with Crippen LogP contribution in [0.4, 0.5) is 11.4 Å². The van der Waals surface area contributed by atoms with Gasteiger partial charge in [-0.3, -0.25) is 14.9 Å². The predicted octanol–water partition coefficient (Wildman–Crippen LogP) is 7.80. The first kappa shape index (κ1) is 23.5. The summed E-state index contributed by atoms with van der Waals surface area (Å²) in [5.74, 6) is -0.156. The summed E-state index contributed by atoms with van der Waals surface area (Å²) in [6.45, 7) is 0. The highest BCUT2D eigenvalue weighted by atomic mass is 32.2. The second-order valence-corrected chi connectivity index (χ2v) is 9.82. The molecule has 1 aliphatic heterocycles. The van der Waals surface area contributed by atoms with Crippen LogP contribution in [0.25, 0.3) is 34.3 Å². The van der Waals surface area contributed by atoms with E-state index < -0.39 is 4.92 Å². The van der Waals surface area contributed by atoms with E-state index in [-0.39, 0.29) is 11.6 Å². The highest BCUT2D eigenvalue weighted by Gasteiger charge is 2.24. The third-order valence-corrected chi connectivity index (χ3v) is 7.43. The van der Waals surface area contributed by atoms with E-state index in [2.05, 4.69) is 16.0 Å². The van der Waals surface area contributed by atoms with E-state index in [4.69, 9.17) is 0 Å². The van der Waals surface area contributed by atoms with E-state index in [1.807, 2.05) is 91.0 Å². The van der Waals surface area contributed by atoms with Gasteiger partial charge in [-0.15, -0.1) is 0 Å². The molecule has 6 rings (SSSR count). The lowest BCUT2D eigenvalue weighted by molar-refractivity contribution is -0.384. The molecule has 0 aliphatic carbocycles. The van der Waals surface area contributed by atoms with Crippen LogP contribution >= 0.6 is 11.8 Å². The zero-order valence-corrected chi connectivity index (χ0v) is 20.9. The van der Waals surface area contributed by atoms with Crippen molar-refractivity contribution < 1.29 is 9.72 Å². The highest BCUT2D eigenvalue weighted by molar-refractivity contribution is 8.04. The third kappa shape index (κ3) is 4.40. The van der Waals surface area contributed by atoms with Gasteiger partial charge in [0.1, 0.15) is 0 Å². The summed E-state index contributed by atoms with van der Waals surface area (Å²) in [5.41, 5.74) is 6.22. The first-order chi connectivity index (χ1) is 18.6. The molecule has 0 bridgehead atoms. The van der Waals surface area contributed by atoms with Gasteiger partial charge in [-0.25, -0.2) is 0 Å². The average Bonchev–Trinajstić information content (AvgIpc) is 3.33. The molecule has 2 heterocycles. The van der Waals surface area contributed by atoms with Crippen LogP contribution < -0.4 is 5.32 Å². The van der Waals surface area contributed by atoms with Gasteiger partial charge < -0.3 is 9.88 Å². The summed E-state index contributed by atoms with van der Waals surface area (Å²) in [4.78, 5) is 25.6. The quantitative estimate of drug-likeness (QED) is 0.147. The first-order valence-corrected chi connectivity index (χ1v) is 12.8. The summed E-state index contributed by atoms with van der Waals surface area (Å²) >= 11 is 1.44. The summed E-state index contributed by atoms with van der Waals surface area (Å²) < 4.78 is 2.10. The molecule has 0 spiro atoms. The number of non-ortho nitro benzene ring substituents is 1. The molecule has 1 amide bonds. The van der Waals surface area contributed by atoms with E-state index >= 15 is 0 Å². The van der Waals surface area contributed by atoms with Crippen molar-refractivity contribution in [1.82, 2.24) is 4.57 Å².